The number of amides is 1. The average molecular weight is 416 g/mol. The van der Waals surface area contributed by atoms with E-state index in [0.29, 0.717) is 42.3 Å². The first-order valence-electron chi connectivity index (χ1n) is 10.3. The first-order chi connectivity index (χ1) is 15.0. The molecule has 2 aromatic carbocycles. The van der Waals surface area contributed by atoms with Crippen molar-refractivity contribution in [2.45, 2.75) is 13.3 Å². The highest BCUT2D eigenvalue weighted by molar-refractivity contribution is 5.94. The Balaban J connectivity index is 1.55. The van der Waals surface area contributed by atoms with Crippen LogP contribution in [0.4, 0.5) is 11.5 Å². The lowest BCUT2D eigenvalue weighted by Gasteiger charge is -2.23. The fourth-order valence-electron chi connectivity index (χ4n) is 3.88. The summed E-state index contributed by atoms with van der Waals surface area (Å²) >= 11 is 0. The highest BCUT2D eigenvalue weighted by Crippen LogP contribution is 2.30. The number of aromatic nitrogens is 1. The van der Waals surface area contributed by atoms with E-state index in [4.69, 9.17) is 0 Å². The molecular formula is C24H24N4O3. The zero-order valence-corrected chi connectivity index (χ0v) is 17.4. The Labute approximate surface area is 181 Å². The zero-order chi connectivity index (χ0) is 21.8. The minimum atomic E-state index is -0.399. The first kappa shape index (κ1) is 20.5. The summed E-state index contributed by atoms with van der Waals surface area (Å²) in [7, 11) is 0. The van der Waals surface area contributed by atoms with Crippen LogP contribution < -0.4 is 4.90 Å². The normalized spacial score (nSPS) is 14.2. The van der Waals surface area contributed by atoms with Gasteiger partial charge in [-0.1, -0.05) is 48.0 Å². The van der Waals surface area contributed by atoms with E-state index >= 15 is 0 Å². The Morgan fingerprint density at radius 3 is 2.52 bits per heavy atom. The van der Waals surface area contributed by atoms with Crippen molar-refractivity contribution in [1.82, 2.24) is 9.88 Å². The summed E-state index contributed by atoms with van der Waals surface area (Å²) in [5.74, 6) is 0.724. The van der Waals surface area contributed by atoms with E-state index in [-0.39, 0.29) is 11.6 Å². The van der Waals surface area contributed by atoms with Gasteiger partial charge < -0.3 is 9.80 Å². The molecule has 2 heterocycles. The second kappa shape index (κ2) is 8.95. The Kier molecular flexibility index (Phi) is 5.93. The van der Waals surface area contributed by atoms with Crippen molar-refractivity contribution in [3.05, 3.63) is 88.0 Å². The third-order valence-electron chi connectivity index (χ3n) is 5.48. The molecule has 0 bridgehead atoms. The number of carbonyl (C=O) groups is 1. The summed E-state index contributed by atoms with van der Waals surface area (Å²) in [6.45, 7) is 4.58. The number of anilines is 1. The predicted molar refractivity (Wildman–Crippen MR) is 120 cm³/mol. The lowest BCUT2D eigenvalue weighted by Crippen LogP contribution is -2.35. The van der Waals surface area contributed by atoms with E-state index in [1.165, 1.54) is 6.07 Å². The molecule has 158 valence electrons. The van der Waals surface area contributed by atoms with Gasteiger partial charge in [0.1, 0.15) is 5.82 Å². The van der Waals surface area contributed by atoms with Crippen LogP contribution in [0.3, 0.4) is 0 Å². The predicted octanol–water partition coefficient (Wildman–Crippen LogP) is 4.32. The van der Waals surface area contributed by atoms with Gasteiger partial charge in [0, 0.05) is 43.4 Å². The molecule has 1 fully saturated rings. The minimum Gasteiger partial charge on any atom is -0.355 e. The maximum atomic E-state index is 12.9. The van der Waals surface area contributed by atoms with Crippen molar-refractivity contribution in [3.8, 4) is 11.3 Å². The summed E-state index contributed by atoms with van der Waals surface area (Å²) in [6, 6.07) is 20.1. The molecule has 0 saturated carbocycles. The average Bonchev–Trinajstić information content (AvgIpc) is 3.05. The molecule has 0 spiro atoms. The van der Waals surface area contributed by atoms with E-state index in [0.717, 1.165) is 18.5 Å². The fraction of sp³-hybridized carbons (Fsp3) is 0.250. The molecule has 0 atom stereocenters. The molecule has 1 aliphatic rings. The lowest BCUT2D eigenvalue weighted by molar-refractivity contribution is -0.384. The Morgan fingerprint density at radius 1 is 0.968 bits per heavy atom. The van der Waals surface area contributed by atoms with Gasteiger partial charge in [0.05, 0.1) is 4.92 Å². The number of pyridine rings is 1. The SMILES string of the molecule is Cc1cccc(C(=O)N2CCCN(c3ccc([N+](=O)[O-])c(-c4ccccc4)n3)CC2)c1. The van der Waals surface area contributed by atoms with Crippen molar-refractivity contribution in [3.63, 3.8) is 0 Å². The molecule has 7 nitrogen and oxygen atoms in total. The number of nitro groups is 1. The van der Waals surface area contributed by atoms with Gasteiger partial charge in [0.25, 0.3) is 11.6 Å². The number of rotatable bonds is 4. The van der Waals surface area contributed by atoms with Gasteiger partial charge in [-0.3, -0.25) is 14.9 Å². The maximum absolute atomic E-state index is 12.9. The van der Waals surface area contributed by atoms with Crippen LogP contribution in [0, 0.1) is 17.0 Å². The molecule has 31 heavy (non-hydrogen) atoms. The standard InChI is InChI=1S/C24H24N4O3/c1-18-7-5-10-20(17-18)24(29)27-14-6-13-26(15-16-27)22-12-11-21(28(30)31)23(25-22)19-8-3-2-4-9-19/h2-5,7-12,17H,6,13-16H2,1H3. The van der Waals surface area contributed by atoms with Gasteiger partial charge in [0.15, 0.2) is 5.69 Å². The van der Waals surface area contributed by atoms with E-state index in [2.05, 4.69) is 9.88 Å². The number of carbonyl (C=O) groups excluding carboxylic acids is 1. The van der Waals surface area contributed by atoms with Crippen molar-refractivity contribution in [1.29, 1.82) is 0 Å². The van der Waals surface area contributed by atoms with Crippen LogP contribution in [0.5, 0.6) is 0 Å². The molecule has 3 aromatic rings. The van der Waals surface area contributed by atoms with Gasteiger partial charge in [0.2, 0.25) is 0 Å². The molecule has 0 aliphatic carbocycles. The zero-order valence-electron chi connectivity index (χ0n) is 17.4. The summed E-state index contributed by atoms with van der Waals surface area (Å²) in [5.41, 5.74) is 2.82. The van der Waals surface area contributed by atoms with Crippen LogP contribution in [-0.2, 0) is 0 Å². The minimum absolute atomic E-state index is 0.0129. The smallest absolute Gasteiger partial charge is 0.295 e. The van der Waals surface area contributed by atoms with Crippen LogP contribution in [0.1, 0.15) is 22.3 Å². The number of nitrogens with zero attached hydrogens (tertiary/aromatic N) is 4. The highest BCUT2D eigenvalue weighted by Gasteiger charge is 2.23. The first-order valence-corrected chi connectivity index (χ1v) is 10.3. The summed E-state index contributed by atoms with van der Waals surface area (Å²) < 4.78 is 0. The van der Waals surface area contributed by atoms with Crippen molar-refractivity contribution < 1.29 is 9.72 Å². The molecule has 0 radical (unpaired) electrons. The van der Waals surface area contributed by atoms with Crippen molar-refractivity contribution in [2.24, 2.45) is 0 Å². The Morgan fingerprint density at radius 2 is 1.77 bits per heavy atom. The molecular weight excluding hydrogens is 392 g/mol. The number of hydrogen-bond acceptors (Lipinski definition) is 5. The second-order valence-corrected chi connectivity index (χ2v) is 7.66. The van der Waals surface area contributed by atoms with E-state index in [9.17, 15) is 14.9 Å². The number of benzene rings is 2. The largest absolute Gasteiger partial charge is 0.355 e. The van der Waals surface area contributed by atoms with Gasteiger partial charge in [-0.2, -0.15) is 0 Å². The summed E-state index contributed by atoms with van der Waals surface area (Å²) in [5, 5.41) is 11.5. The molecule has 1 amide bonds. The molecule has 1 aliphatic heterocycles. The molecule has 0 N–H and O–H groups in total. The Bertz CT molecular complexity index is 1100. The number of hydrogen-bond donors (Lipinski definition) is 0. The van der Waals surface area contributed by atoms with Gasteiger partial charge in [-0.25, -0.2) is 4.98 Å². The van der Waals surface area contributed by atoms with E-state index in [1.54, 1.807) is 6.07 Å². The molecule has 4 rings (SSSR count). The Hall–Kier alpha value is -3.74. The van der Waals surface area contributed by atoms with Crippen LogP contribution >= 0.6 is 0 Å². The van der Waals surface area contributed by atoms with Gasteiger partial charge in [-0.05, 0) is 31.5 Å². The molecule has 7 heteroatoms. The molecule has 1 aromatic heterocycles. The van der Waals surface area contributed by atoms with Crippen LogP contribution in [-0.4, -0.2) is 46.9 Å². The summed E-state index contributed by atoms with van der Waals surface area (Å²) in [4.78, 5) is 32.7. The third-order valence-corrected chi connectivity index (χ3v) is 5.48. The van der Waals surface area contributed by atoms with E-state index in [1.807, 2.05) is 66.4 Å². The van der Waals surface area contributed by atoms with Crippen LogP contribution in [0.25, 0.3) is 11.3 Å². The summed E-state index contributed by atoms with van der Waals surface area (Å²) in [6.07, 6.45) is 0.802. The highest BCUT2D eigenvalue weighted by atomic mass is 16.6. The van der Waals surface area contributed by atoms with Crippen molar-refractivity contribution in [2.75, 3.05) is 31.1 Å². The van der Waals surface area contributed by atoms with Crippen LogP contribution in [0.15, 0.2) is 66.7 Å². The van der Waals surface area contributed by atoms with Gasteiger partial charge in [-0.15, -0.1) is 0 Å². The third kappa shape index (κ3) is 4.55. The topological polar surface area (TPSA) is 79.6 Å². The van der Waals surface area contributed by atoms with Crippen LogP contribution in [0.2, 0.25) is 0 Å². The van der Waals surface area contributed by atoms with Gasteiger partial charge >= 0.3 is 0 Å². The maximum Gasteiger partial charge on any atom is 0.295 e. The van der Waals surface area contributed by atoms with Crippen molar-refractivity contribution >= 4 is 17.4 Å². The molecule has 0 unspecified atom stereocenters. The monoisotopic (exact) mass is 416 g/mol. The fourth-order valence-corrected chi connectivity index (χ4v) is 3.88. The van der Waals surface area contributed by atoms with E-state index < -0.39 is 4.92 Å². The quantitative estimate of drug-likeness (QED) is 0.467. The lowest BCUT2D eigenvalue weighted by atomic mass is 10.1. The molecule has 1 saturated heterocycles. The number of aryl methyl sites for hydroxylation is 1. The second-order valence-electron chi connectivity index (χ2n) is 7.66.